The summed E-state index contributed by atoms with van der Waals surface area (Å²) in [5.41, 5.74) is 6.62. The topological polar surface area (TPSA) is 61.0 Å². The number of aromatic nitrogens is 2. The normalized spacial score (nSPS) is 10.3. The molecule has 2 rings (SSSR count). The van der Waals surface area contributed by atoms with Crippen LogP contribution in [0.3, 0.4) is 0 Å². The van der Waals surface area contributed by atoms with Gasteiger partial charge in [0.25, 0.3) is 0 Å². The average molecular weight is 315 g/mol. The molecule has 0 aliphatic carbocycles. The lowest BCUT2D eigenvalue weighted by atomic mass is 10.2. The number of rotatable bonds is 2. The highest BCUT2D eigenvalue weighted by Gasteiger charge is 2.07. The molecule has 0 saturated carbocycles. The Morgan fingerprint density at radius 2 is 2.06 bits per heavy atom. The highest BCUT2D eigenvalue weighted by atomic mass is 79.9. The van der Waals surface area contributed by atoms with E-state index in [1.807, 2.05) is 19.1 Å². The van der Waals surface area contributed by atoms with Crippen molar-refractivity contribution in [1.29, 1.82) is 0 Å². The number of aryl methyl sites for hydroxylation is 1. The molecule has 0 saturated heterocycles. The standard InChI is InChI=1S/C11H9BrClN3O/c1-6-2-3-7(13)8(4-6)17-11-15-9(12)5-10(14)16-11/h2-5H,1H3,(H2,14,15,16). The minimum absolute atomic E-state index is 0.157. The molecule has 0 radical (unpaired) electrons. The average Bonchev–Trinajstić information content (AvgIpc) is 2.22. The van der Waals surface area contributed by atoms with Gasteiger partial charge >= 0.3 is 6.01 Å². The van der Waals surface area contributed by atoms with Crippen molar-refractivity contribution in [3.8, 4) is 11.8 Å². The summed E-state index contributed by atoms with van der Waals surface area (Å²) in [6.45, 7) is 1.94. The molecule has 1 aromatic heterocycles. The monoisotopic (exact) mass is 313 g/mol. The first-order valence-corrected chi connectivity index (χ1v) is 5.96. The van der Waals surface area contributed by atoms with E-state index in [1.54, 1.807) is 12.1 Å². The van der Waals surface area contributed by atoms with E-state index in [0.717, 1.165) is 5.56 Å². The Balaban J connectivity index is 2.34. The van der Waals surface area contributed by atoms with Crippen molar-refractivity contribution >= 4 is 33.3 Å². The van der Waals surface area contributed by atoms with Crippen molar-refractivity contribution < 1.29 is 4.74 Å². The lowest BCUT2D eigenvalue weighted by Gasteiger charge is -2.07. The Morgan fingerprint density at radius 3 is 2.76 bits per heavy atom. The Labute approximate surface area is 112 Å². The number of hydrogen-bond donors (Lipinski definition) is 1. The Hall–Kier alpha value is -1.33. The highest BCUT2D eigenvalue weighted by molar-refractivity contribution is 9.10. The summed E-state index contributed by atoms with van der Waals surface area (Å²) < 4.78 is 6.05. The largest absolute Gasteiger partial charge is 0.423 e. The molecule has 0 spiro atoms. The van der Waals surface area contributed by atoms with Gasteiger partial charge in [0.15, 0.2) is 0 Å². The number of benzene rings is 1. The van der Waals surface area contributed by atoms with Crippen molar-refractivity contribution in [1.82, 2.24) is 9.97 Å². The van der Waals surface area contributed by atoms with Gasteiger partial charge < -0.3 is 10.5 Å². The highest BCUT2D eigenvalue weighted by Crippen LogP contribution is 2.29. The van der Waals surface area contributed by atoms with E-state index in [2.05, 4.69) is 25.9 Å². The molecule has 6 heteroatoms. The first-order chi connectivity index (χ1) is 8.04. The van der Waals surface area contributed by atoms with Crippen LogP contribution < -0.4 is 10.5 Å². The van der Waals surface area contributed by atoms with Gasteiger partial charge in [0, 0.05) is 6.07 Å². The molecule has 0 bridgehead atoms. The van der Waals surface area contributed by atoms with Gasteiger partial charge in [0.2, 0.25) is 0 Å². The molecule has 0 amide bonds. The van der Waals surface area contributed by atoms with Gasteiger partial charge in [-0.2, -0.15) is 9.97 Å². The number of hydrogen-bond acceptors (Lipinski definition) is 4. The zero-order chi connectivity index (χ0) is 12.4. The lowest BCUT2D eigenvalue weighted by Crippen LogP contribution is -1.97. The Kier molecular flexibility index (Phi) is 3.49. The number of nitrogens with two attached hydrogens (primary N) is 1. The molecule has 0 unspecified atom stereocenters. The van der Waals surface area contributed by atoms with Crippen LogP contribution >= 0.6 is 27.5 Å². The van der Waals surface area contributed by atoms with E-state index in [9.17, 15) is 0 Å². The van der Waals surface area contributed by atoms with E-state index < -0.39 is 0 Å². The quantitative estimate of drug-likeness (QED) is 0.861. The SMILES string of the molecule is Cc1ccc(Cl)c(Oc2nc(N)cc(Br)n2)c1. The van der Waals surface area contributed by atoms with Crippen LogP contribution in [0.4, 0.5) is 5.82 Å². The van der Waals surface area contributed by atoms with Crippen LogP contribution in [0.25, 0.3) is 0 Å². The van der Waals surface area contributed by atoms with Crippen LogP contribution in [-0.4, -0.2) is 9.97 Å². The summed E-state index contributed by atoms with van der Waals surface area (Å²) in [5.74, 6) is 0.829. The third-order valence-electron chi connectivity index (χ3n) is 1.98. The molecular weight excluding hydrogens is 305 g/mol. The molecule has 88 valence electrons. The van der Waals surface area contributed by atoms with Crippen molar-refractivity contribution in [3.63, 3.8) is 0 Å². The molecule has 0 aliphatic heterocycles. The summed E-state index contributed by atoms with van der Waals surface area (Å²) in [4.78, 5) is 8.00. The summed E-state index contributed by atoms with van der Waals surface area (Å²) in [7, 11) is 0. The summed E-state index contributed by atoms with van der Waals surface area (Å²) in [6, 6.07) is 7.20. The van der Waals surface area contributed by atoms with Crippen molar-refractivity contribution in [2.24, 2.45) is 0 Å². The molecule has 0 fully saturated rings. The second-order valence-electron chi connectivity index (χ2n) is 3.43. The van der Waals surface area contributed by atoms with Gasteiger partial charge in [-0.05, 0) is 40.5 Å². The Morgan fingerprint density at radius 1 is 1.29 bits per heavy atom. The van der Waals surface area contributed by atoms with Gasteiger partial charge in [-0.3, -0.25) is 0 Å². The third-order valence-corrected chi connectivity index (χ3v) is 2.70. The first-order valence-electron chi connectivity index (χ1n) is 4.78. The molecule has 0 aliphatic rings. The molecule has 0 atom stereocenters. The van der Waals surface area contributed by atoms with Gasteiger partial charge in [0.05, 0.1) is 5.02 Å². The maximum atomic E-state index is 6.00. The van der Waals surface area contributed by atoms with E-state index >= 15 is 0 Å². The van der Waals surface area contributed by atoms with Crippen LogP contribution in [0.5, 0.6) is 11.8 Å². The second-order valence-corrected chi connectivity index (χ2v) is 4.65. The molecule has 1 aromatic carbocycles. The molecule has 2 aromatic rings. The summed E-state index contributed by atoms with van der Waals surface area (Å²) >= 11 is 9.22. The maximum absolute atomic E-state index is 6.00. The summed E-state index contributed by atoms with van der Waals surface area (Å²) in [6.07, 6.45) is 0. The van der Waals surface area contributed by atoms with Crippen molar-refractivity contribution in [2.75, 3.05) is 5.73 Å². The fourth-order valence-electron chi connectivity index (χ4n) is 1.25. The zero-order valence-electron chi connectivity index (χ0n) is 8.95. The third kappa shape index (κ3) is 3.08. The van der Waals surface area contributed by atoms with E-state index in [1.165, 1.54) is 0 Å². The number of halogens is 2. The van der Waals surface area contributed by atoms with Gasteiger partial charge in [-0.1, -0.05) is 17.7 Å². The van der Waals surface area contributed by atoms with Crippen LogP contribution in [0, 0.1) is 6.92 Å². The fraction of sp³-hybridized carbons (Fsp3) is 0.0909. The minimum Gasteiger partial charge on any atom is -0.423 e. The van der Waals surface area contributed by atoms with Gasteiger partial charge in [-0.25, -0.2) is 0 Å². The molecule has 4 nitrogen and oxygen atoms in total. The maximum Gasteiger partial charge on any atom is 0.325 e. The molecule has 2 N–H and O–H groups in total. The zero-order valence-corrected chi connectivity index (χ0v) is 11.3. The van der Waals surface area contributed by atoms with Gasteiger partial charge in [0.1, 0.15) is 16.2 Å². The first kappa shape index (κ1) is 12.1. The smallest absolute Gasteiger partial charge is 0.325 e. The number of anilines is 1. The predicted octanol–water partition coefficient (Wildman–Crippen LogP) is 3.58. The number of ether oxygens (including phenoxy) is 1. The van der Waals surface area contributed by atoms with E-state index in [4.69, 9.17) is 22.1 Å². The number of nitrogen functional groups attached to an aromatic ring is 1. The van der Waals surface area contributed by atoms with Gasteiger partial charge in [-0.15, -0.1) is 0 Å². The molecule has 17 heavy (non-hydrogen) atoms. The molecule has 1 heterocycles. The van der Waals surface area contributed by atoms with Crippen LogP contribution in [0.1, 0.15) is 5.56 Å². The lowest BCUT2D eigenvalue weighted by molar-refractivity contribution is 0.441. The van der Waals surface area contributed by atoms with E-state index in [-0.39, 0.29) is 6.01 Å². The Bertz CT molecular complexity index is 542. The van der Waals surface area contributed by atoms with Crippen molar-refractivity contribution in [3.05, 3.63) is 39.5 Å². The molecular formula is C11H9BrClN3O. The van der Waals surface area contributed by atoms with E-state index in [0.29, 0.717) is 21.2 Å². The van der Waals surface area contributed by atoms with Crippen LogP contribution in [0.2, 0.25) is 5.02 Å². The summed E-state index contributed by atoms with van der Waals surface area (Å²) in [5, 5.41) is 0.498. The predicted molar refractivity (Wildman–Crippen MR) is 70.4 cm³/mol. The fourth-order valence-corrected chi connectivity index (χ4v) is 1.79. The van der Waals surface area contributed by atoms with Crippen LogP contribution in [-0.2, 0) is 0 Å². The minimum atomic E-state index is 0.157. The van der Waals surface area contributed by atoms with Crippen LogP contribution in [0.15, 0.2) is 28.9 Å². The number of nitrogens with zero attached hydrogens (tertiary/aromatic N) is 2. The van der Waals surface area contributed by atoms with Crippen molar-refractivity contribution in [2.45, 2.75) is 6.92 Å². The second kappa shape index (κ2) is 4.89.